The Balaban J connectivity index is 2.17. The van der Waals surface area contributed by atoms with Gasteiger partial charge in [-0.1, -0.05) is 35.3 Å². The Kier molecular flexibility index (Phi) is 4.59. The first kappa shape index (κ1) is 13.3. The Hall–Kier alpha value is -1.09. The van der Waals surface area contributed by atoms with Crippen LogP contribution in [0.15, 0.2) is 42.6 Å². The number of hydrogen-bond acceptors (Lipinski definition) is 2. The summed E-state index contributed by atoms with van der Waals surface area (Å²) in [6.07, 6.45) is 2.50. The van der Waals surface area contributed by atoms with Gasteiger partial charge in [0.1, 0.15) is 0 Å². The molecule has 4 heteroatoms. The summed E-state index contributed by atoms with van der Waals surface area (Å²) >= 11 is 11.8. The Morgan fingerprint density at radius 1 is 1.17 bits per heavy atom. The van der Waals surface area contributed by atoms with Gasteiger partial charge in [-0.15, -0.1) is 0 Å². The molecule has 2 rings (SSSR count). The van der Waals surface area contributed by atoms with E-state index in [0.717, 1.165) is 17.1 Å². The predicted molar refractivity (Wildman–Crippen MR) is 76.2 cm³/mol. The van der Waals surface area contributed by atoms with Gasteiger partial charge >= 0.3 is 0 Å². The van der Waals surface area contributed by atoms with E-state index in [1.807, 2.05) is 37.4 Å². The van der Waals surface area contributed by atoms with Crippen LogP contribution in [-0.2, 0) is 6.42 Å². The number of pyridine rings is 1. The van der Waals surface area contributed by atoms with Crippen molar-refractivity contribution in [1.82, 2.24) is 10.3 Å². The fraction of sp³-hybridized carbons (Fsp3) is 0.214. The molecule has 2 aromatic rings. The van der Waals surface area contributed by atoms with E-state index in [4.69, 9.17) is 23.2 Å². The maximum absolute atomic E-state index is 5.98. The van der Waals surface area contributed by atoms with Crippen LogP contribution in [-0.4, -0.2) is 12.0 Å². The average molecular weight is 281 g/mol. The fourth-order valence-corrected chi connectivity index (χ4v) is 2.17. The van der Waals surface area contributed by atoms with Crippen LogP contribution in [0.1, 0.15) is 17.3 Å². The van der Waals surface area contributed by atoms with E-state index >= 15 is 0 Å². The first-order valence-electron chi connectivity index (χ1n) is 5.72. The molecule has 0 saturated heterocycles. The minimum atomic E-state index is 0.153. The third kappa shape index (κ3) is 3.45. The van der Waals surface area contributed by atoms with Crippen LogP contribution in [0.5, 0.6) is 0 Å². The standard InChI is InChI=1S/C14H14Cl2N2/c1-17-14(13-6-5-12(16)9-18-13)8-10-3-2-4-11(15)7-10/h2-7,9,14,17H,8H2,1H3. The largest absolute Gasteiger partial charge is 0.311 e. The normalized spacial score (nSPS) is 12.4. The number of hydrogen-bond donors (Lipinski definition) is 1. The molecule has 1 aromatic carbocycles. The molecule has 1 aromatic heterocycles. The zero-order valence-electron chi connectivity index (χ0n) is 10.0. The highest BCUT2D eigenvalue weighted by atomic mass is 35.5. The van der Waals surface area contributed by atoms with Gasteiger partial charge in [0, 0.05) is 11.2 Å². The molecule has 0 spiro atoms. The molecule has 94 valence electrons. The van der Waals surface area contributed by atoms with Crippen molar-refractivity contribution < 1.29 is 0 Å². The van der Waals surface area contributed by atoms with E-state index in [0.29, 0.717) is 5.02 Å². The summed E-state index contributed by atoms with van der Waals surface area (Å²) < 4.78 is 0. The molecule has 0 aliphatic rings. The van der Waals surface area contributed by atoms with Gasteiger partial charge in [0.2, 0.25) is 0 Å². The van der Waals surface area contributed by atoms with Crippen molar-refractivity contribution in [3.63, 3.8) is 0 Å². The number of benzene rings is 1. The highest BCUT2D eigenvalue weighted by Crippen LogP contribution is 2.19. The third-order valence-corrected chi connectivity index (χ3v) is 3.24. The Bertz CT molecular complexity index is 511. The van der Waals surface area contributed by atoms with E-state index in [1.165, 1.54) is 5.56 Å². The van der Waals surface area contributed by atoms with E-state index in [2.05, 4.69) is 16.4 Å². The lowest BCUT2D eigenvalue weighted by Crippen LogP contribution is -2.19. The van der Waals surface area contributed by atoms with E-state index in [9.17, 15) is 0 Å². The SMILES string of the molecule is CNC(Cc1cccc(Cl)c1)c1ccc(Cl)cn1. The minimum absolute atomic E-state index is 0.153. The number of likely N-dealkylation sites (N-methyl/N-ethyl adjacent to an activating group) is 1. The second-order valence-electron chi connectivity index (χ2n) is 4.08. The van der Waals surface area contributed by atoms with Gasteiger partial charge < -0.3 is 5.32 Å². The molecule has 0 bridgehead atoms. The van der Waals surface area contributed by atoms with E-state index in [-0.39, 0.29) is 6.04 Å². The summed E-state index contributed by atoms with van der Waals surface area (Å²) in [5.41, 5.74) is 2.15. The van der Waals surface area contributed by atoms with E-state index < -0.39 is 0 Å². The van der Waals surface area contributed by atoms with Crippen LogP contribution in [0.4, 0.5) is 0 Å². The summed E-state index contributed by atoms with van der Waals surface area (Å²) in [7, 11) is 1.92. The van der Waals surface area contributed by atoms with Crippen LogP contribution in [0.3, 0.4) is 0 Å². The van der Waals surface area contributed by atoms with Crippen molar-refractivity contribution in [1.29, 1.82) is 0 Å². The van der Waals surface area contributed by atoms with Gasteiger partial charge in [-0.2, -0.15) is 0 Å². The summed E-state index contributed by atoms with van der Waals surface area (Å²) in [6.45, 7) is 0. The van der Waals surface area contributed by atoms with E-state index in [1.54, 1.807) is 6.20 Å². The monoisotopic (exact) mass is 280 g/mol. The molecule has 0 aliphatic heterocycles. The maximum Gasteiger partial charge on any atom is 0.0589 e. The van der Waals surface area contributed by atoms with Gasteiger partial charge in [-0.3, -0.25) is 4.98 Å². The molecule has 0 aliphatic carbocycles. The summed E-state index contributed by atoms with van der Waals surface area (Å²) in [6, 6.07) is 11.8. The smallest absolute Gasteiger partial charge is 0.0589 e. The number of nitrogens with zero attached hydrogens (tertiary/aromatic N) is 1. The molecule has 1 heterocycles. The Morgan fingerprint density at radius 2 is 2.00 bits per heavy atom. The highest BCUT2D eigenvalue weighted by Gasteiger charge is 2.11. The van der Waals surface area contributed by atoms with Crippen molar-refractivity contribution in [2.45, 2.75) is 12.5 Å². The van der Waals surface area contributed by atoms with Gasteiger partial charge in [0.15, 0.2) is 0 Å². The second-order valence-corrected chi connectivity index (χ2v) is 4.95. The van der Waals surface area contributed by atoms with Gasteiger partial charge in [-0.25, -0.2) is 0 Å². The van der Waals surface area contributed by atoms with Gasteiger partial charge in [0.25, 0.3) is 0 Å². The first-order valence-corrected chi connectivity index (χ1v) is 6.48. The van der Waals surface area contributed by atoms with Crippen LogP contribution >= 0.6 is 23.2 Å². The molecule has 1 unspecified atom stereocenters. The first-order chi connectivity index (χ1) is 8.69. The van der Waals surface area contributed by atoms with Gasteiger partial charge in [-0.05, 0) is 43.3 Å². The second kappa shape index (κ2) is 6.19. The maximum atomic E-state index is 5.98. The molecule has 0 fully saturated rings. The van der Waals surface area contributed by atoms with Gasteiger partial charge in [0.05, 0.1) is 16.8 Å². The quantitative estimate of drug-likeness (QED) is 0.919. The lowest BCUT2D eigenvalue weighted by atomic mass is 10.0. The fourth-order valence-electron chi connectivity index (χ4n) is 1.85. The molecule has 18 heavy (non-hydrogen) atoms. The highest BCUT2D eigenvalue weighted by molar-refractivity contribution is 6.30. The van der Waals surface area contributed by atoms with Crippen LogP contribution in [0.25, 0.3) is 0 Å². The van der Waals surface area contributed by atoms with Crippen molar-refractivity contribution in [2.75, 3.05) is 7.05 Å². The van der Waals surface area contributed by atoms with Crippen molar-refractivity contribution in [2.24, 2.45) is 0 Å². The minimum Gasteiger partial charge on any atom is -0.311 e. The summed E-state index contributed by atoms with van der Waals surface area (Å²) in [5, 5.41) is 4.66. The van der Waals surface area contributed by atoms with Crippen molar-refractivity contribution >= 4 is 23.2 Å². The number of nitrogens with one attached hydrogen (secondary N) is 1. The van der Waals surface area contributed by atoms with Crippen molar-refractivity contribution in [3.05, 3.63) is 63.9 Å². The molecule has 0 radical (unpaired) electrons. The topological polar surface area (TPSA) is 24.9 Å². The summed E-state index contributed by atoms with van der Waals surface area (Å²) in [5.74, 6) is 0. The molecule has 0 saturated carbocycles. The zero-order chi connectivity index (χ0) is 13.0. The molecule has 0 amide bonds. The lowest BCUT2D eigenvalue weighted by molar-refractivity contribution is 0.576. The van der Waals surface area contributed by atoms with Crippen LogP contribution in [0.2, 0.25) is 10.0 Å². The number of aromatic nitrogens is 1. The molecule has 1 N–H and O–H groups in total. The predicted octanol–water partition coefficient (Wildman–Crippen LogP) is 3.89. The number of rotatable bonds is 4. The Morgan fingerprint density at radius 3 is 2.61 bits per heavy atom. The third-order valence-electron chi connectivity index (χ3n) is 2.78. The van der Waals surface area contributed by atoms with Crippen LogP contribution in [0, 0.1) is 0 Å². The Labute approximate surface area is 117 Å². The lowest BCUT2D eigenvalue weighted by Gasteiger charge is -2.15. The number of halogens is 2. The molecule has 2 nitrogen and oxygen atoms in total. The molecule has 1 atom stereocenters. The van der Waals surface area contributed by atoms with Crippen LogP contribution < -0.4 is 5.32 Å². The van der Waals surface area contributed by atoms with Crippen molar-refractivity contribution in [3.8, 4) is 0 Å². The molecular formula is C14H14Cl2N2. The molecular weight excluding hydrogens is 267 g/mol. The zero-order valence-corrected chi connectivity index (χ0v) is 11.5. The summed E-state index contributed by atoms with van der Waals surface area (Å²) in [4.78, 5) is 4.34. The average Bonchev–Trinajstić information content (AvgIpc) is 2.37.